The summed E-state index contributed by atoms with van der Waals surface area (Å²) in [4.78, 5) is 0.157. The Morgan fingerprint density at radius 1 is 1.39 bits per heavy atom. The molecule has 0 heterocycles. The molecule has 0 atom stereocenters. The fourth-order valence-corrected chi connectivity index (χ4v) is 3.05. The van der Waals surface area contributed by atoms with Crippen molar-refractivity contribution in [2.24, 2.45) is 5.73 Å². The average molecular weight is 272 g/mol. The van der Waals surface area contributed by atoms with Gasteiger partial charge in [0.2, 0.25) is 10.0 Å². The average Bonchev–Trinajstić information content (AvgIpc) is 2.36. The molecule has 0 spiro atoms. The molecule has 0 saturated heterocycles. The van der Waals surface area contributed by atoms with Gasteiger partial charge in [-0.1, -0.05) is 6.07 Å². The van der Waals surface area contributed by atoms with Crippen molar-refractivity contribution in [3.8, 4) is 5.75 Å². The molecular weight excluding hydrogens is 252 g/mol. The molecule has 0 unspecified atom stereocenters. The third-order valence-electron chi connectivity index (χ3n) is 2.85. The van der Waals surface area contributed by atoms with Crippen molar-refractivity contribution in [3.63, 3.8) is 0 Å². The summed E-state index contributed by atoms with van der Waals surface area (Å²) in [5, 5.41) is 0. The molecule has 6 heteroatoms. The maximum atomic E-state index is 12.4. The number of nitrogens with two attached hydrogens (primary N) is 1. The third-order valence-corrected chi connectivity index (χ3v) is 4.90. The quantitative estimate of drug-likeness (QED) is 0.873. The highest BCUT2D eigenvalue weighted by atomic mass is 32.2. The number of sulfonamides is 1. The van der Waals surface area contributed by atoms with Crippen LogP contribution in [0, 0.1) is 0 Å². The summed E-state index contributed by atoms with van der Waals surface area (Å²) >= 11 is 0. The summed E-state index contributed by atoms with van der Waals surface area (Å²) in [6.07, 6.45) is 0. The number of nitrogens with zero attached hydrogens (tertiary/aromatic N) is 1. The fraction of sp³-hybridized carbons (Fsp3) is 0.500. The normalized spacial score (nSPS) is 12.2. The van der Waals surface area contributed by atoms with Gasteiger partial charge in [0.15, 0.2) is 0 Å². The van der Waals surface area contributed by atoms with Gasteiger partial charge >= 0.3 is 0 Å². The summed E-state index contributed by atoms with van der Waals surface area (Å²) in [5.41, 5.74) is 6.30. The fourth-order valence-electron chi connectivity index (χ4n) is 1.48. The maximum absolute atomic E-state index is 12.4. The molecule has 18 heavy (non-hydrogen) atoms. The lowest BCUT2D eigenvalue weighted by atomic mass is 10.2. The molecule has 0 aromatic heterocycles. The number of hydrogen-bond donors (Lipinski definition) is 1. The van der Waals surface area contributed by atoms with E-state index in [0.717, 1.165) is 5.56 Å². The largest absolute Gasteiger partial charge is 0.495 e. The first-order valence-electron chi connectivity index (χ1n) is 5.69. The first-order chi connectivity index (χ1) is 8.34. The van der Waals surface area contributed by atoms with Crippen LogP contribution in [0.2, 0.25) is 0 Å². The molecule has 5 nitrogen and oxygen atoms in total. The van der Waals surface area contributed by atoms with E-state index in [1.807, 2.05) is 13.8 Å². The SMILES string of the molecule is COc1ccc(CN)cc1S(=O)(=O)N(C)C(C)C. The summed E-state index contributed by atoms with van der Waals surface area (Å²) in [6, 6.07) is 4.82. The Hall–Kier alpha value is -1.11. The van der Waals surface area contributed by atoms with Gasteiger partial charge in [0.05, 0.1) is 7.11 Å². The molecule has 0 bridgehead atoms. The number of methoxy groups -OCH3 is 1. The summed E-state index contributed by atoms with van der Waals surface area (Å²) in [5.74, 6) is 0.333. The second-order valence-electron chi connectivity index (χ2n) is 4.30. The minimum absolute atomic E-state index is 0.124. The van der Waals surface area contributed by atoms with E-state index in [1.165, 1.54) is 11.4 Å². The van der Waals surface area contributed by atoms with E-state index in [0.29, 0.717) is 5.75 Å². The standard InChI is InChI=1S/C12H20N2O3S/c1-9(2)14(3)18(15,16)12-7-10(8-13)5-6-11(12)17-4/h5-7,9H,8,13H2,1-4H3. The molecule has 0 fully saturated rings. The smallest absolute Gasteiger partial charge is 0.246 e. The van der Waals surface area contributed by atoms with Crippen LogP contribution < -0.4 is 10.5 Å². The minimum Gasteiger partial charge on any atom is -0.495 e. The lowest BCUT2D eigenvalue weighted by Gasteiger charge is -2.22. The van der Waals surface area contributed by atoms with E-state index in [4.69, 9.17) is 10.5 Å². The molecule has 1 aromatic carbocycles. The Kier molecular flexibility index (Phi) is 4.72. The van der Waals surface area contributed by atoms with Crippen LogP contribution >= 0.6 is 0 Å². The van der Waals surface area contributed by atoms with Crippen LogP contribution in [0.3, 0.4) is 0 Å². The number of ether oxygens (including phenoxy) is 1. The lowest BCUT2D eigenvalue weighted by Crippen LogP contribution is -2.33. The van der Waals surface area contributed by atoms with Crippen molar-refractivity contribution >= 4 is 10.0 Å². The van der Waals surface area contributed by atoms with Gasteiger partial charge in [-0.2, -0.15) is 4.31 Å². The van der Waals surface area contributed by atoms with Gasteiger partial charge in [0.25, 0.3) is 0 Å². The monoisotopic (exact) mass is 272 g/mol. The first-order valence-corrected chi connectivity index (χ1v) is 7.13. The Morgan fingerprint density at radius 3 is 2.44 bits per heavy atom. The van der Waals surface area contributed by atoms with E-state index in [-0.39, 0.29) is 17.5 Å². The zero-order valence-electron chi connectivity index (χ0n) is 11.2. The van der Waals surface area contributed by atoms with E-state index in [9.17, 15) is 8.42 Å². The molecule has 0 aliphatic carbocycles. The lowest BCUT2D eigenvalue weighted by molar-refractivity contribution is 0.387. The molecule has 0 aliphatic heterocycles. The Balaban J connectivity index is 3.38. The molecule has 1 aromatic rings. The van der Waals surface area contributed by atoms with Crippen LogP contribution in [0.25, 0.3) is 0 Å². The van der Waals surface area contributed by atoms with Gasteiger partial charge in [0.1, 0.15) is 10.6 Å². The second kappa shape index (κ2) is 5.69. The van der Waals surface area contributed by atoms with Gasteiger partial charge in [-0.25, -0.2) is 8.42 Å². The predicted octanol–water partition coefficient (Wildman–Crippen LogP) is 1.18. The Morgan fingerprint density at radius 2 is 2.00 bits per heavy atom. The van der Waals surface area contributed by atoms with Crippen molar-refractivity contribution in [2.75, 3.05) is 14.2 Å². The zero-order valence-corrected chi connectivity index (χ0v) is 12.0. The van der Waals surface area contributed by atoms with Gasteiger partial charge in [0, 0.05) is 19.6 Å². The highest BCUT2D eigenvalue weighted by molar-refractivity contribution is 7.89. The Labute approximate surface area is 109 Å². The van der Waals surface area contributed by atoms with Crippen molar-refractivity contribution in [1.82, 2.24) is 4.31 Å². The summed E-state index contributed by atoms with van der Waals surface area (Å²) in [7, 11) is -0.560. The molecule has 1 rings (SSSR count). The molecular formula is C12H20N2O3S. The van der Waals surface area contributed by atoms with Gasteiger partial charge in [-0.15, -0.1) is 0 Å². The topological polar surface area (TPSA) is 72.6 Å². The number of hydrogen-bond acceptors (Lipinski definition) is 4. The van der Waals surface area contributed by atoms with Crippen molar-refractivity contribution in [1.29, 1.82) is 0 Å². The third kappa shape index (κ3) is 2.82. The molecule has 2 N–H and O–H groups in total. The van der Waals surface area contributed by atoms with Crippen molar-refractivity contribution in [3.05, 3.63) is 23.8 Å². The number of rotatable bonds is 5. The van der Waals surface area contributed by atoms with Crippen LogP contribution in [-0.2, 0) is 16.6 Å². The van der Waals surface area contributed by atoms with Crippen LogP contribution in [-0.4, -0.2) is 32.9 Å². The van der Waals surface area contributed by atoms with Crippen LogP contribution in [0.1, 0.15) is 19.4 Å². The minimum atomic E-state index is -3.56. The molecule has 0 amide bonds. The molecule has 0 aliphatic rings. The Bertz CT molecular complexity index is 512. The van der Waals surface area contributed by atoms with Crippen LogP contribution in [0.5, 0.6) is 5.75 Å². The van der Waals surface area contributed by atoms with Gasteiger partial charge in [-0.3, -0.25) is 0 Å². The predicted molar refractivity (Wildman–Crippen MR) is 71.0 cm³/mol. The molecule has 102 valence electrons. The molecule has 0 saturated carbocycles. The van der Waals surface area contributed by atoms with E-state index < -0.39 is 10.0 Å². The van der Waals surface area contributed by atoms with E-state index >= 15 is 0 Å². The second-order valence-corrected chi connectivity index (χ2v) is 6.27. The highest BCUT2D eigenvalue weighted by Crippen LogP contribution is 2.28. The van der Waals surface area contributed by atoms with E-state index in [1.54, 1.807) is 25.2 Å². The number of benzene rings is 1. The van der Waals surface area contributed by atoms with Crippen LogP contribution in [0.15, 0.2) is 23.1 Å². The highest BCUT2D eigenvalue weighted by Gasteiger charge is 2.26. The van der Waals surface area contributed by atoms with Crippen LogP contribution in [0.4, 0.5) is 0 Å². The maximum Gasteiger partial charge on any atom is 0.246 e. The van der Waals surface area contributed by atoms with Gasteiger partial charge < -0.3 is 10.5 Å². The zero-order chi connectivity index (χ0) is 13.9. The summed E-state index contributed by atoms with van der Waals surface area (Å²) < 4.78 is 31.3. The van der Waals surface area contributed by atoms with Crippen molar-refractivity contribution in [2.45, 2.75) is 31.3 Å². The van der Waals surface area contributed by atoms with Gasteiger partial charge in [-0.05, 0) is 31.5 Å². The van der Waals surface area contributed by atoms with E-state index in [2.05, 4.69) is 0 Å². The summed E-state index contributed by atoms with van der Waals surface area (Å²) in [6.45, 7) is 3.92. The van der Waals surface area contributed by atoms with Crippen molar-refractivity contribution < 1.29 is 13.2 Å². The molecule has 0 radical (unpaired) electrons. The first kappa shape index (κ1) is 14.9.